The summed E-state index contributed by atoms with van der Waals surface area (Å²) in [5, 5.41) is 37.2. The third-order valence-electron chi connectivity index (χ3n) is 5.83. The van der Waals surface area contributed by atoms with Crippen molar-refractivity contribution < 1.29 is 29.7 Å². The van der Waals surface area contributed by atoms with Crippen molar-refractivity contribution in [2.75, 3.05) is 6.61 Å². The molecule has 202 valence electrons. The molecule has 0 unspecified atom stereocenters. The standard InChI is InChI=1S/C28H39N3O6/c1-4-5-26(35)30-25(16-20-8-12-23(34)13-9-20)28(37)31-24(14-18(2)3)27(36)29-21(17-32)15-19-6-10-22(33)11-7-19/h6-13,18,21,24-25,32-34H,4-5,14-17H2,1-3H3,(H,29,36)(H,30,35)(H,31,37)/t21-,24+,25+/m1/s1. The number of hydrogen-bond donors (Lipinski definition) is 6. The fraction of sp³-hybridized carbons (Fsp3) is 0.464. The lowest BCUT2D eigenvalue weighted by molar-refractivity contribution is -0.132. The highest BCUT2D eigenvalue weighted by Gasteiger charge is 2.28. The molecule has 0 bridgehead atoms. The van der Waals surface area contributed by atoms with Gasteiger partial charge in [0.2, 0.25) is 17.7 Å². The van der Waals surface area contributed by atoms with Gasteiger partial charge in [0.05, 0.1) is 12.6 Å². The molecule has 9 heteroatoms. The quantitative estimate of drug-likeness (QED) is 0.228. The summed E-state index contributed by atoms with van der Waals surface area (Å²) in [5.41, 5.74) is 1.57. The molecule has 0 aromatic heterocycles. The minimum atomic E-state index is -0.906. The number of amides is 3. The Balaban J connectivity index is 2.14. The number of carbonyl (C=O) groups is 3. The number of nitrogens with one attached hydrogen (secondary N) is 3. The molecule has 0 saturated heterocycles. The van der Waals surface area contributed by atoms with Crippen molar-refractivity contribution in [2.45, 2.75) is 71.0 Å². The smallest absolute Gasteiger partial charge is 0.243 e. The molecule has 9 nitrogen and oxygen atoms in total. The predicted molar refractivity (Wildman–Crippen MR) is 141 cm³/mol. The number of aliphatic hydroxyl groups is 1. The Morgan fingerprint density at radius 1 is 0.757 bits per heavy atom. The van der Waals surface area contributed by atoms with Crippen LogP contribution in [-0.2, 0) is 27.2 Å². The van der Waals surface area contributed by atoms with E-state index in [1.54, 1.807) is 24.3 Å². The van der Waals surface area contributed by atoms with E-state index in [1.807, 2.05) is 20.8 Å². The Labute approximate surface area is 218 Å². The first-order valence-electron chi connectivity index (χ1n) is 12.7. The van der Waals surface area contributed by atoms with Crippen LogP contribution in [0.25, 0.3) is 0 Å². The van der Waals surface area contributed by atoms with Crippen LogP contribution in [0.1, 0.15) is 51.2 Å². The van der Waals surface area contributed by atoms with Crippen LogP contribution in [0.4, 0.5) is 0 Å². The maximum absolute atomic E-state index is 13.3. The van der Waals surface area contributed by atoms with E-state index in [0.717, 1.165) is 11.1 Å². The largest absolute Gasteiger partial charge is 0.508 e. The molecular weight excluding hydrogens is 474 g/mol. The fourth-order valence-corrected chi connectivity index (χ4v) is 3.93. The molecule has 3 amide bonds. The van der Waals surface area contributed by atoms with Crippen LogP contribution in [0.5, 0.6) is 11.5 Å². The molecule has 6 N–H and O–H groups in total. The molecule has 2 rings (SSSR count). The molecule has 3 atom stereocenters. The van der Waals surface area contributed by atoms with Crippen molar-refractivity contribution in [3.8, 4) is 11.5 Å². The van der Waals surface area contributed by atoms with Gasteiger partial charge >= 0.3 is 0 Å². The monoisotopic (exact) mass is 513 g/mol. The van der Waals surface area contributed by atoms with Gasteiger partial charge in [-0.3, -0.25) is 14.4 Å². The number of hydrogen-bond acceptors (Lipinski definition) is 6. The lowest BCUT2D eigenvalue weighted by Gasteiger charge is -2.26. The van der Waals surface area contributed by atoms with E-state index < -0.39 is 29.9 Å². The highest BCUT2D eigenvalue weighted by molar-refractivity contribution is 5.92. The van der Waals surface area contributed by atoms with Gasteiger partial charge in [-0.15, -0.1) is 0 Å². The molecule has 0 aliphatic heterocycles. The Morgan fingerprint density at radius 3 is 1.76 bits per heavy atom. The number of phenolic OH excluding ortho intramolecular Hbond substituents is 2. The average Bonchev–Trinajstić information content (AvgIpc) is 2.85. The summed E-state index contributed by atoms with van der Waals surface area (Å²) >= 11 is 0. The molecular formula is C28H39N3O6. The molecule has 2 aromatic rings. The van der Waals surface area contributed by atoms with Crippen LogP contribution in [0.3, 0.4) is 0 Å². The predicted octanol–water partition coefficient (Wildman–Crippen LogP) is 2.18. The van der Waals surface area contributed by atoms with Crippen LogP contribution in [0.15, 0.2) is 48.5 Å². The van der Waals surface area contributed by atoms with Gasteiger partial charge in [-0.2, -0.15) is 0 Å². The number of phenols is 2. The zero-order valence-electron chi connectivity index (χ0n) is 21.7. The number of aromatic hydroxyl groups is 2. The molecule has 0 saturated carbocycles. The lowest BCUT2D eigenvalue weighted by atomic mass is 10.00. The SMILES string of the molecule is CCCC(=O)N[C@@H](Cc1ccc(O)cc1)C(=O)N[C@@H](CC(C)C)C(=O)N[C@@H](CO)Cc1ccc(O)cc1. The van der Waals surface area contributed by atoms with E-state index in [2.05, 4.69) is 16.0 Å². The van der Waals surface area contributed by atoms with Crippen molar-refractivity contribution in [3.63, 3.8) is 0 Å². The summed E-state index contributed by atoms with van der Waals surface area (Å²) in [6.07, 6.45) is 1.80. The van der Waals surface area contributed by atoms with Gasteiger partial charge in [-0.05, 0) is 60.6 Å². The second-order valence-corrected chi connectivity index (χ2v) is 9.69. The Hall–Kier alpha value is -3.59. The molecule has 37 heavy (non-hydrogen) atoms. The van der Waals surface area contributed by atoms with Crippen LogP contribution in [0.2, 0.25) is 0 Å². The van der Waals surface area contributed by atoms with E-state index >= 15 is 0 Å². The highest BCUT2D eigenvalue weighted by Crippen LogP contribution is 2.14. The van der Waals surface area contributed by atoms with Crippen molar-refractivity contribution in [1.82, 2.24) is 16.0 Å². The topological polar surface area (TPSA) is 148 Å². The summed E-state index contributed by atoms with van der Waals surface area (Å²) < 4.78 is 0. The molecule has 0 spiro atoms. The average molecular weight is 514 g/mol. The number of rotatable bonds is 14. The van der Waals surface area contributed by atoms with Crippen molar-refractivity contribution in [2.24, 2.45) is 5.92 Å². The summed E-state index contributed by atoms with van der Waals surface area (Å²) in [7, 11) is 0. The minimum absolute atomic E-state index is 0.0888. The molecule has 0 heterocycles. The molecule has 0 aliphatic carbocycles. The number of aliphatic hydroxyl groups excluding tert-OH is 1. The van der Waals surface area contributed by atoms with Gasteiger partial charge in [0.25, 0.3) is 0 Å². The normalized spacial score (nSPS) is 13.4. The van der Waals surface area contributed by atoms with Crippen LogP contribution < -0.4 is 16.0 Å². The maximum atomic E-state index is 13.3. The summed E-state index contributed by atoms with van der Waals surface area (Å²) in [5.74, 6) is -0.868. The van der Waals surface area contributed by atoms with Gasteiger partial charge in [-0.25, -0.2) is 0 Å². The minimum Gasteiger partial charge on any atom is -0.508 e. The van der Waals surface area contributed by atoms with E-state index in [0.29, 0.717) is 19.3 Å². The summed E-state index contributed by atoms with van der Waals surface area (Å²) in [6, 6.07) is 10.5. The number of carbonyl (C=O) groups excluding carboxylic acids is 3. The third-order valence-corrected chi connectivity index (χ3v) is 5.83. The van der Waals surface area contributed by atoms with Gasteiger partial charge in [0, 0.05) is 12.8 Å². The zero-order valence-corrected chi connectivity index (χ0v) is 21.7. The first kappa shape index (κ1) is 29.6. The first-order chi connectivity index (χ1) is 17.6. The van der Waals surface area contributed by atoms with Crippen molar-refractivity contribution >= 4 is 17.7 Å². The van der Waals surface area contributed by atoms with E-state index in [-0.39, 0.29) is 42.8 Å². The van der Waals surface area contributed by atoms with E-state index in [4.69, 9.17) is 0 Å². The van der Waals surface area contributed by atoms with Crippen molar-refractivity contribution in [3.05, 3.63) is 59.7 Å². The van der Waals surface area contributed by atoms with E-state index in [9.17, 15) is 29.7 Å². The summed E-state index contributed by atoms with van der Waals surface area (Å²) in [6.45, 7) is 5.44. The zero-order chi connectivity index (χ0) is 27.4. The Morgan fingerprint density at radius 2 is 1.27 bits per heavy atom. The van der Waals surface area contributed by atoms with Gasteiger partial charge in [-0.1, -0.05) is 45.0 Å². The van der Waals surface area contributed by atoms with Gasteiger partial charge in [0.15, 0.2) is 0 Å². The maximum Gasteiger partial charge on any atom is 0.243 e. The molecule has 2 aromatic carbocycles. The molecule has 0 aliphatic rings. The Bertz CT molecular complexity index is 1010. The number of benzene rings is 2. The second-order valence-electron chi connectivity index (χ2n) is 9.69. The fourth-order valence-electron chi connectivity index (χ4n) is 3.93. The first-order valence-corrected chi connectivity index (χ1v) is 12.7. The molecule has 0 radical (unpaired) electrons. The molecule has 0 fully saturated rings. The van der Waals surface area contributed by atoms with E-state index in [1.165, 1.54) is 24.3 Å². The highest BCUT2D eigenvalue weighted by atomic mass is 16.3. The third kappa shape index (κ3) is 10.5. The van der Waals surface area contributed by atoms with Gasteiger partial charge in [0.1, 0.15) is 23.6 Å². The second kappa shape index (κ2) is 14.8. The van der Waals surface area contributed by atoms with Gasteiger partial charge < -0.3 is 31.3 Å². The van der Waals surface area contributed by atoms with Crippen LogP contribution >= 0.6 is 0 Å². The van der Waals surface area contributed by atoms with Crippen LogP contribution in [-0.4, -0.2) is 57.8 Å². The Kier molecular flexibility index (Phi) is 11.9. The van der Waals surface area contributed by atoms with Crippen molar-refractivity contribution in [1.29, 1.82) is 0 Å². The van der Waals surface area contributed by atoms with Crippen LogP contribution in [0, 0.1) is 5.92 Å². The summed E-state index contributed by atoms with van der Waals surface area (Å²) in [4.78, 5) is 38.8. The lowest BCUT2D eigenvalue weighted by Crippen LogP contribution is -2.56.